The van der Waals surface area contributed by atoms with E-state index in [-0.39, 0.29) is 0 Å². The average molecular weight is 256 g/mol. The van der Waals surface area contributed by atoms with Gasteiger partial charge in [0.15, 0.2) is 0 Å². The molecule has 0 aromatic rings. The highest BCUT2D eigenvalue weighted by Gasteiger charge is 2.34. The fraction of sp³-hybridized carbons (Fsp3) is 1.00. The minimum absolute atomic E-state index is 0.411. The smallest absolute Gasteiger partial charge is 0.0122 e. The zero-order chi connectivity index (χ0) is 12.5. The molecule has 2 aliphatic rings. The van der Waals surface area contributed by atoms with E-state index in [0.29, 0.717) is 4.75 Å². The lowest BCUT2D eigenvalue weighted by Gasteiger charge is -2.36. The van der Waals surface area contributed by atoms with Crippen molar-refractivity contribution in [3.8, 4) is 0 Å². The Bertz CT molecular complexity index is 237. The number of rotatable bonds is 4. The molecule has 100 valence electrons. The molecule has 2 aliphatic heterocycles. The van der Waals surface area contributed by atoms with Gasteiger partial charge in [-0.2, -0.15) is 11.8 Å². The monoisotopic (exact) mass is 256 g/mol. The van der Waals surface area contributed by atoms with Crippen molar-refractivity contribution in [2.24, 2.45) is 0 Å². The van der Waals surface area contributed by atoms with Crippen LogP contribution in [0.4, 0.5) is 0 Å². The van der Waals surface area contributed by atoms with Crippen molar-refractivity contribution in [3.63, 3.8) is 0 Å². The first-order valence-electron chi connectivity index (χ1n) is 7.04. The number of nitrogens with one attached hydrogen (secondary N) is 1. The highest BCUT2D eigenvalue weighted by atomic mass is 32.2. The Labute approximate surface area is 111 Å². The van der Waals surface area contributed by atoms with Crippen LogP contribution in [-0.4, -0.2) is 47.1 Å². The Kier molecular flexibility index (Phi) is 4.43. The molecule has 0 radical (unpaired) electrons. The molecule has 2 unspecified atom stereocenters. The molecule has 2 atom stereocenters. The first kappa shape index (κ1) is 13.7. The maximum absolute atomic E-state index is 3.72. The van der Waals surface area contributed by atoms with E-state index in [1.54, 1.807) is 0 Å². The zero-order valence-corrected chi connectivity index (χ0v) is 12.6. The predicted octanol–water partition coefficient (Wildman–Crippen LogP) is 2.73. The molecule has 2 heterocycles. The molecule has 2 bridgehead atoms. The summed E-state index contributed by atoms with van der Waals surface area (Å²) in [5.41, 5.74) is 0. The quantitative estimate of drug-likeness (QED) is 0.832. The van der Waals surface area contributed by atoms with Gasteiger partial charge in [0.25, 0.3) is 0 Å². The largest absolute Gasteiger partial charge is 0.311 e. The molecular weight excluding hydrogens is 228 g/mol. The van der Waals surface area contributed by atoms with Crippen molar-refractivity contribution < 1.29 is 0 Å². The summed E-state index contributed by atoms with van der Waals surface area (Å²) in [5.74, 6) is 1.26. The van der Waals surface area contributed by atoms with Gasteiger partial charge in [-0.3, -0.25) is 0 Å². The highest BCUT2D eigenvalue weighted by molar-refractivity contribution is 8.00. The number of piperidine rings is 1. The maximum Gasteiger partial charge on any atom is 0.0122 e. The molecule has 0 saturated carbocycles. The van der Waals surface area contributed by atoms with E-state index in [1.165, 1.54) is 38.0 Å². The summed E-state index contributed by atoms with van der Waals surface area (Å²) in [4.78, 5) is 2.60. The van der Waals surface area contributed by atoms with Crippen molar-refractivity contribution >= 4 is 11.8 Å². The maximum atomic E-state index is 3.72. The van der Waals surface area contributed by atoms with Crippen LogP contribution in [-0.2, 0) is 0 Å². The van der Waals surface area contributed by atoms with Crippen molar-refractivity contribution in [1.82, 2.24) is 10.2 Å². The number of hydrogen-bond acceptors (Lipinski definition) is 3. The van der Waals surface area contributed by atoms with Crippen LogP contribution in [0, 0.1) is 0 Å². The molecule has 1 N–H and O–H groups in total. The molecule has 3 heteroatoms. The Hall–Kier alpha value is 0.270. The number of hydrogen-bond donors (Lipinski definition) is 1. The Balaban J connectivity index is 1.71. The lowest BCUT2D eigenvalue weighted by atomic mass is 9.99. The van der Waals surface area contributed by atoms with Gasteiger partial charge in [-0.15, -0.1) is 0 Å². The molecule has 0 amide bonds. The van der Waals surface area contributed by atoms with E-state index in [9.17, 15) is 0 Å². The molecular formula is C14H28N2S. The minimum atomic E-state index is 0.411. The van der Waals surface area contributed by atoms with Gasteiger partial charge in [0.05, 0.1) is 0 Å². The first-order chi connectivity index (χ1) is 7.94. The predicted molar refractivity (Wildman–Crippen MR) is 77.8 cm³/mol. The van der Waals surface area contributed by atoms with Gasteiger partial charge in [-0.1, -0.05) is 20.8 Å². The van der Waals surface area contributed by atoms with Gasteiger partial charge >= 0.3 is 0 Å². The molecule has 0 aromatic carbocycles. The second-order valence-electron chi connectivity index (χ2n) is 6.70. The Morgan fingerprint density at radius 2 is 1.76 bits per heavy atom. The lowest BCUT2D eigenvalue weighted by molar-refractivity contribution is 0.181. The number of nitrogens with zero attached hydrogens (tertiary/aromatic N) is 1. The van der Waals surface area contributed by atoms with Gasteiger partial charge in [-0.05, 0) is 32.7 Å². The summed E-state index contributed by atoms with van der Waals surface area (Å²) in [7, 11) is 2.32. The minimum Gasteiger partial charge on any atom is -0.311 e. The summed E-state index contributed by atoms with van der Waals surface area (Å²) < 4.78 is 0.411. The second-order valence-corrected chi connectivity index (χ2v) is 8.63. The fourth-order valence-corrected chi connectivity index (χ4v) is 4.06. The summed E-state index contributed by atoms with van der Waals surface area (Å²) in [6.45, 7) is 8.17. The van der Waals surface area contributed by atoms with Crippen molar-refractivity contribution in [2.75, 3.05) is 19.3 Å². The second kappa shape index (κ2) is 5.50. The molecule has 2 rings (SSSR count). The van der Waals surface area contributed by atoms with Crippen molar-refractivity contribution in [1.29, 1.82) is 0 Å². The van der Waals surface area contributed by atoms with Crippen LogP contribution < -0.4 is 5.32 Å². The highest BCUT2D eigenvalue weighted by Crippen LogP contribution is 2.30. The van der Waals surface area contributed by atoms with Crippen LogP contribution in [0.2, 0.25) is 0 Å². The average Bonchev–Trinajstić information content (AvgIpc) is 2.55. The summed E-state index contributed by atoms with van der Waals surface area (Å²) in [6, 6.07) is 2.46. The van der Waals surface area contributed by atoms with Gasteiger partial charge in [0.2, 0.25) is 0 Å². The van der Waals surface area contributed by atoms with Gasteiger partial charge in [-0.25, -0.2) is 0 Å². The van der Waals surface area contributed by atoms with Crippen molar-refractivity contribution in [2.45, 2.75) is 69.3 Å². The van der Waals surface area contributed by atoms with Gasteiger partial charge in [0.1, 0.15) is 0 Å². The van der Waals surface area contributed by atoms with E-state index in [2.05, 4.69) is 49.8 Å². The summed E-state index contributed by atoms with van der Waals surface area (Å²) >= 11 is 2.09. The Morgan fingerprint density at radius 3 is 2.29 bits per heavy atom. The van der Waals surface area contributed by atoms with Crippen LogP contribution in [0.5, 0.6) is 0 Å². The van der Waals surface area contributed by atoms with Gasteiger partial charge in [0, 0.05) is 35.2 Å². The summed E-state index contributed by atoms with van der Waals surface area (Å²) in [5, 5.41) is 3.72. The molecule has 0 spiro atoms. The van der Waals surface area contributed by atoms with Crippen LogP contribution in [0.3, 0.4) is 0 Å². The third kappa shape index (κ3) is 4.15. The molecule has 0 aromatic heterocycles. The van der Waals surface area contributed by atoms with E-state index in [4.69, 9.17) is 0 Å². The van der Waals surface area contributed by atoms with Crippen LogP contribution >= 0.6 is 11.8 Å². The van der Waals surface area contributed by atoms with Crippen LogP contribution in [0.1, 0.15) is 46.5 Å². The molecule has 2 nitrogen and oxygen atoms in total. The SMILES string of the molecule is CN(CCSC(C)(C)C)C1CC2CCC(C1)N2. The summed E-state index contributed by atoms with van der Waals surface area (Å²) in [6.07, 6.45) is 5.55. The van der Waals surface area contributed by atoms with Gasteiger partial charge < -0.3 is 10.2 Å². The lowest BCUT2D eigenvalue weighted by Crippen LogP contribution is -2.47. The third-order valence-electron chi connectivity index (χ3n) is 4.05. The topological polar surface area (TPSA) is 15.3 Å². The van der Waals surface area contributed by atoms with E-state index in [1.807, 2.05) is 0 Å². The molecule has 2 fully saturated rings. The third-order valence-corrected chi connectivity index (χ3v) is 5.30. The first-order valence-corrected chi connectivity index (χ1v) is 8.03. The van der Waals surface area contributed by atoms with E-state index >= 15 is 0 Å². The number of thioether (sulfide) groups is 1. The standard InChI is InChI=1S/C14H28N2S/c1-14(2,3)17-8-7-16(4)13-9-11-5-6-12(10-13)15-11/h11-13,15H,5-10H2,1-4H3. The normalized spacial score (nSPS) is 33.4. The molecule has 0 aliphatic carbocycles. The molecule has 17 heavy (non-hydrogen) atoms. The molecule has 2 saturated heterocycles. The van der Waals surface area contributed by atoms with Crippen LogP contribution in [0.25, 0.3) is 0 Å². The Morgan fingerprint density at radius 1 is 1.18 bits per heavy atom. The van der Waals surface area contributed by atoms with E-state index < -0.39 is 0 Å². The van der Waals surface area contributed by atoms with Crippen LogP contribution in [0.15, 0.2) is 0 Å². The fourth-order valence-electron chi connectivity index (χ4n) is 3.07. The van der Waals surface area contributed by atoms with Crippen molar-refractivity contribution in [3.05, 3.63) is 0 Å². The zero-order valence-electron chi connectivity index (χ0n) is 11.8. The number of fused-ring (bicyclic) bond motifs is 2. The van der Waals surface area contributed by atoms with E-state index in [0.717, 1.165) is 18.1 Å².